The molecular formula is C12H16ClN3S. The van der Waals surface area contributed by atoms with Crippen LogP contribution in [0.25, 0.3) is 4.96 Å². The maximum atomic E-state index is 6.32. The number of hydrogen-bond donors (Lipinski definition) is 0. The number of rotatable bonds is 2. The van der Waals surface area contributed by atoms with Crippen molar-refractivity contribution >= 4 is 27.9 Å². The molecule has 1 saturated heterocycles. The molecule has 2 aromatic rings. The zero-order valence-electron chi connectivity index (χ0n) is 9.84. The Morgan fingerprint density at radius 3 is 3.24 bits per heavy atom. The fourth-order valence-electron chi connectivity index (χ4n) is 2.31. The average Bonchev–Trinajstić information content (AvgIpc) is 2.84. The molecule has 1 aliphatic heterocycles. The quantitative estimate of drug-likeness (QED) is 0.782. The van der Waals surface area contributed by atoms with E-state index in [0.717, 1.165) is 30.3 Å². The smallest absolute Gasteiger partial charge is 0.193 e. The first kappa shape index (κ1) is 11.5. The minimum Gasteiger partial charge on any atom is -0.297 e. The summed E-state index contributed by atoms with van der Waals surface area (Å²) in [4.78, 5) is 8.09. The third-order valence-electron chi connectivity index (χ3n) is 3.48. The van der Waals surface area contributed by atoms with Gasteiger partial charge >= 0.3 is 0 Å². The maximum absolute atomic E-state index is 6.32. The van der Waals surface area contributed by atoms with E-state index in [4.69, 9.17) is 11.6 Å². The van der Waals surface area contributed by atoms with Crippen LogP contribution in [0.1, 0.15) is 19.0 Å². The molecule has 0 radical (unpaired) electrons. The Morgan fingerprint density at radius 1 is 1.59 bits per heavy atom. The molecule has 3 heterocycles. The Labute approximate surface area is 110 Å². The van der Waals surface area contributed by atoms with Crippen LogP contribution in [0.4, 0.5) is 0 Å². The molecule has 2 unspecified atom stereocenters. The zero-order chi connectivity index (χ0) is 11.8. The molecule has 0 N–H and O–H groups in total. The zero-order valence-corrected chi connectivity index (χ0v) is 11.4. The molecule has 2 atom stereocenters. The van der Waals surface area contributed by atoms with Gasteiger partial charge in [-0.25, -0.2) is 4.98 Å². The van der Waals surface area contributed by atoms with Gasteiger partial charge in [0.15, 0.2) is 4.96 Å². The van der Waals surface area contributed by atoms with Gasteiger partial charge in [-0.1, -0.05) is 6.92 Å². The number of likely N-dealkylation sites (tertiary alicyclic amines) is 1. The van der Waals surface area contributed by atoms with Gasteiger partial charge in [0, 0.05) is 36.2 Å². The third kappa shape index (κ3) is 2.34. The minimum atomic E-state index is 0.285. The summed E-state index contributed by atoms with van der Waals surface area (Å²) in [5.41, 5.74) is 1.15. The molecule has 3 nitrogen and oxygen atoms in total. The van der Waals surface area contributed by atoms with Crippen molar-refractivity contribution in [2.75, 3.05) is 13.1 Å². The van der Waals surface area contributed by atoms with E-state index in [1.807, 2.05) is 0 Å². The lowest BCUT2D eigenvalue weighted by molar-refractivity contribution is 0.188. The van der Waals surface area contributed by atoms with Crippen LogP contribution in [0.5, 0.6) is 0 Å². The van der Waals surface area contributed by atoms with Crippen LogP contribution < -0.4 is 0 Å². The molecule has 0 amide bonds. The monoisotopic (exact) mass is 269 g/mol. The highest BCUT2D eigenvalue weighted by atomic mass is 35.5. The molecule has 0 aromatic carbocycles. The highest BCUT2D eigenvalue weighted by Gasteiger charge is 2.24. The summed E-state index contributed by atoms with van der Waals surface area (Å²) in [6.45, 7) is 5.27. The average molecular weight is 270 g/mol. The van der Waals surface area contributed by atoms with Gasteiger partial charge in [0.2, 0.25) is 0 Å². The van der Waals surface area contributed by atoms with Gasteiger partial charge in [-0.05, 0) is 18.9 Å². The number of halogens is 1. The van der Waals surface area contributed by atoms with Crippen molar-refractivity contribution in [3.8, 4) is 0 Å². The van der Waals surface area contributed by atoms with Crippen molar-refractivity contribution in [2.45, 2.75) is 25.3 Å². The molecule has 5 heteroatoms. The van der Waals surface area contributed by atoms with E-state index in [1.54, 1.807) is 11.3 Å². The predicted molar refractivity (Wildman–Crippen MR) is 71.8 cm³/mol. The molecule has 0 saturated carbocycles. The summed E-state index contributed by atoms with van der Waals surface area (Å²) >= 11 is 8.00. The minimum absolute atomic E-state index is 0.285. The molecule has 0 aliphatic carbocycles. The number of hydrogen-bond acceptors (Lipinski definition) is 3. The first-order valence-corrected chi connectivity index (χ1v) is 7.31. The van der Waals surface area contributed by atoms with Crippen LogP contribution in [0, 0.1) is 5.92 Å². The summed E-state index contributed by atoms with van der Waals surface area (Å²) in [6, 6.07) is 0. The van der Waals surface area contributed by atoms with E-state index >= 15 is 0 Å². The number of alkyl halides is 1. The van der Waals surface area contributed by atoms with E-state index in [9.17, 15) is 0 Å². The number of nitrogens with zero attached hydrogens (tertiary/aromatic N) is 3. The molecule has 2 aromatic heterocycles. The Bertz CT molecular complexity index is 478. The van der Waals surface area contributed by atoms with Gasteiger partial charge in [0.25, 0.3) is 0 Å². The standard InChI is InChI=1S/C12H16ClN3S/c1-9-2-3-15(8-11(9)13)6-10-7-16-4-5-17-12(16)14-10/h4-5,7,9,11H,2-3,6,8H2,1H3. The third-order valence-corrected chi connectivity index (χ3v) is 4.82. The molecule has 92 valence electrons. The summed E-state index contributed by atoms with van der Waals surface area (Å²) in [5.74, 6) is 0.637. The van der Waals surface area contributed by atoms with Crippen molar-refractivity contribution in [3.05, 3.63) is 23.5 Å². The second-order valence-electron chi connectivity index (χ2n) is 4.84. The largest absolute Gasteiger partial charge is 0.297 e. The van der Waals surface area contributed by atoms with Crippen molar-refractivity contribution in [3.63, 3.8) is 0 Å². The van der Waals surface area contributed by atoms with Crippen molar-refractivity contribution < 1.29 is 0 Å². The van der Waals surface area contributed by atoms with Gasteiger partial charge in [-0.3, -0.25) is 9.30 Å². The van der Waals surface area contributed by atoms with Crippen molar-refractivity contribution in [2.24, 2.45) is 5.92 Å². The molecule has 3 rings (SSSR count). The molecule has 17 heavy (non-hydrogen) atoms. The number of thiazole rings is 1. The van der Waals surface area contributed by atoms with Gasteiger partial charge in [0.05, 0.1) is 5.69 Å². The van der Waals surface area contributed by atoms with E-state index in [-0.39, 0.29) is 5.38 Å². The predicted octanol–water partition coefficient (Wildman–Crippen LogP) is 2.85. The topological polar surface area (TPSA) is 20.5 Å². The Morgan fingerprint density at radius 2 is 2.47 bits per heavy atom. The second-order valence-corrected chi connectivity index (χ2v) is 6.28. The maximum Gasteiger partial charge on any atom is 0.193 e. The number of fused-ring (bicyclic) bond motifs is 1. The molecule has 0 bridgehead atoms. The summed E-state index contributed by atoms with van der Waals surface area (Å²) < 4.78 is 2.09. The highest BCUT2D eigenvalue weighted by Crippen LogP contribution is 2.23. The lowest BCUT2D eigenvalue weighted by atomic mass is 9.98. The number of aromatic nitrogens is 2. The lowest BCUT2D eigenvalue weighted by Gasteiger charge is -2.33. The highest BCUT2D eigenvalue weighted by molar-refractivity contribution is 7.15. The Hall–Kier alpha value is -0.580. The Kier molecular flexibility index (Phi) is 3.11. The van der Waals surface area contributed by atoms with Gasteiger partial charge in [0.1, 0.15) is 0 Å². The van der Waals surface area contributed by atoms with E-state index < -0.39 is 0 Å². The van der Waals surface area contributed by atoms with Crippen molar-refractivity contribution in [1.82, 2.24) is 14.3 Å². The van der Waals surface area contributed by atoms with Crippen LogP contribution >= 0.6 is 22.9 Å². The van der Waals surface area contributed by atoms with Crippen LogP contribution in [-0.4, -0.2) is 32.8 Å². The van der Waals surface area contributed by atoms with Crippen LogP contribution in [-0.2, 0) is 6.54 Å². The van der Waals surface area contributed by atoms with Crippen LogP contribution in [0.15, 0.2) is 17.8 Å². The van der Waals surface area contributed by atoms with Gasteiger partial charge in [-0.2, -0.15) is 0 Å². The SMILES string of the molecule is CC1CCN(Cc2cn3ccsc3n2)CC1Cl. The molecule has 1 fully saturated rings. The summed E-state index contributed by atoms with van der Waals surface area (Å²) in [6.07, 6.45) is 5.36. The fraction of sp³-hybridized carbons (Fsp3) is 0.583. The number of imidazole rings is 1. The number of piperidine rings is 1. The lowest BCUT2D eigenvalue weighted by Crippen LogP contribution is -2.39. The molecule has 0 spiro atoms. The Balaban J connectivity index is 1.69. The normalized spacial score (nSPS) is 26.7. The van der Waals surface area contributed by atoms with Crippen molar-refractivity contribution in [1.29, 1.82) is 0 Å². The fourth-order valence-corrected chi connectivity index (χ4v) is 3.35. The van der Waals surface area contributed by atoms with E-state index in [1.165, 1.54) is 6.42 Å². The summed E-state index contributed by atoms with van der Waals surface area (Å²) in [5, 5.41) is 2.34. The van der Waals surface area contributed by atoms with E-state index in [0.29, 0.717) is 5.92 Å². The van der Waals surface area contributed by atoms with Gasteiger partial charge < -0.3 is 0 Å². The molecular weight excluding hydrogens is 254 g/mol. The first-order valence-electron chi connectivity index (χ1n) is 6.00. The van der Waals surface area contributed by atoms with E-state index in [2.05, 4.69) is 39.0 Å². The summed E-state index contributed by atoms with van der Waals surface area (Å²) in [7, 11) is 0. The molecule has 1 aliphatic rings. The van der Waals surface area contributed by atoms with Gasteiger partial charge in [-0.15, -0.1) is 22.9 Å². The second kappa shape index (κ2) is 4.59. The van der Waals surface area contributed by atoms with Crippen LogP contribution in [0.2, 0.25) is 0 Å². The van der Waals surface area contributed by atoms with Crippen LogP contribution in [0.3, 0.4) is 0 Å². The first-order chi connectivity index (χ1) is 8.22.